The quantitative estimate of drug-likeness (QED) is 0.711. The molecular formula is C13H24N2O. The summed E-state index contributed by atoms with van der Waals surface area (Å²) in [6, 6.07) is 0. The van der Waals surface area contributed by atoms with Crippen molar-refractivity contribution in [2.75, 3.05) is 33.2 Å². The van der Waals surface area contributed by atoms with Crippen LogP contribution in [-0.2, 0) is 4.79 Å². The van der Waals surface area contributed by atoms with Gasteiger partial charge in [0, 0.05) is 19.6 Å². The monoisotopic (exact) mass is 224 g/mol. The maximum absolute atomic E-state index is 12.2. The standard InChI is InChI=1S/C13H24N2O/c1-3-11-4-8-15(9-5-11)13(16)12-6-7-14(2)10-12/h11-12H,3-10H2,1-2H3. The van der Waals surface area contributed by atoms with Crippen LogP contribution in [-0.4, -0.2) is 48.9 Å². The summed E-state index contributed by atoms with van der Waals surface area (Å²) in [6.07, 6.45) is 4.76. The van der Waals surface area contributed by atoms with Crippen molar-refractivity contribution < 1.29 is 4.79 Å². The van der Waals surface area contributed by atoms with E-state index < -0.39 is 0 Å². The molecule has 0 N–H and O–H groups in total. The van der Waals surface area contributed by atoms with Gasteiger partial charge in [-0.2, -0.15) is 0 Å². The van der Waals surface area contributed by atoms with Crippen LogP contribution >= 0.6 is 0 Å². The van der Waals surface area contributed by atoms with Crippen molar-refractivity contribution in [1.29, 1.82) is 0 Å². The Morgan fingerprint density at radius 1 is 1.19 bits per heavy atom. The number of carbonyl (C=O) groups is 1. The fourth-order valence-electron chi connectivity index (χ4n) is 2.96. The molecule has 2 fully saturated rings. The van der Waals surface area contributed by atoms with E-state index >= 15 is 0 Å². The first-order valence-electron chi connectivity index (χ1n) is 6.68. The second-order valence-electron chi connectivity index (χ2n) is 5.42. The Labute approximate surface area is 98.8 Å². The normalized spacial score (nSPS) is 28.6. The van der Waals surface area contributed by atoms with Crippen molar-refractivity contribution in [3.63, 3.8) is 0 Å². The molecular weight excluding hydrogens is 200 g/mol. The van der Waals surface area contributed by atoms with Crippen LogP contribution in [0, 0.1) is 11.8 Å². The number of hydrogen-bond acceptors (Lipinski definition) is 2. The van der Waals surface area contributed by atoms with E-state index in [0.717, 1.165) is 38.5 Å². The molecule has 2 heterocycles. The summed E-state index contributed by atoms with van der Waals surface area (Å²) in [5.41, 5.74) is 0. The summed E-state index contributed by atoms with van der Waals surface area (Å²) in [4.78, 5) is 16.6. The largest absolute Gasteiger partial charge is 0.342 e. The van der Waals surface area contributed by atoms with Gasteiger partial charge >= 0.3 is 0 Å². The minimum absolute atomic E-state index is 0.281. The molecule has 0 aromatic carbocycles. The zero-order valence-corrected chi connectivity index (χ0v) is 10.6. The minimum atomic E-state index is 0.281. The molecule has 1 atom stereocenters. The van der Waals surface area contributed by atoms with Crippen molar-refractivity contribution in [2.24, 2.45) is 11.8 Å². The molecule has 16 heavy (non-hydrogen) atoms. The lowest BCUT2D eigenvalue weighted by molar-refractivity contribution is -0.136. The van der Waals surface area contributed by atoms with Crippen molar-refractivity contribution in [3.05, 3.63) is 0 Å². The number of hydrogen-bond donors (Lipinski definition) is 0. The predicted molar refractivity (Wildman–Crippen MR) is 65.2 cm³/mol. The molecule has 1 unspecified atom stereocenters. The van der Waals surface area contributed by atoms with E-state index in [4.69, 9.17) is 0 Å². The lowest BCUT2D eigenvalue weighted by atomic mass is 9.93. The summed E-state index contributed by atoms with van der Waals surface area (Å²) in [5, 5.41) is 0. The molecule has 2 aliphatic rings. The minimum Gasteiger partial charge on any atom is -0.342 e. The van der Waals surface area contributed by atoms with Crippen LogP contribution in [0.3, 0.4) is 0 Å². The zero-order chi connectivity index (χ0) is 11.5. The van der Waals surface area contributed by atoms with Crippen LogP contribution in [0.15, 0.2) is 0 Å². The van der Waals surface area contributed by atoms with Crippen molar-refractivity contribution >= 4 is 5.91 Å². The highest BCUT2D eigenvalue weighted by Gasteiger charge is 2.31. The lowest BCUT2D eigenvalue weighted by Gasteiger charge is -2.33. The van der Waals surface area contributed by atoms with Crippen LogP contribution in [0.5, 0.6) is 0 Å². The Hall–Kier alpha value is -0.570. The third-order valence-corrected chi connectivity index (χ3v) is 4.24. The third kappa shape index (κ3) is 2.57. The molecule has 2 saturated heterocycles. The number of rotatable bonds is 2. The first-order valence-corrected chi connectivity index (χ1v) is 6.68. The third-order valence-electron chi connectivity index (χ3n) is 4.24. The zero-order valence-electron chi connectivity index (χ0n) is 10.6. The van der Waals surface area contributed by atoms with Gasteiger partial charge in [-0.25, -0.2) is 0 Å². The SMILES string of the molecule is CCC1CCN(C(=O)C2CCN(C)C2)CC1. The average Bonchev–Trinajstić information content (AvgIpc) is 2.75. The van der Waals surface area contributed by atoms with Gasteiger partial charge in [0.15, 0.2) is 0 Å². The summed E-state index contributed by atoms with van der Waals surface area (Å²) in [6.45, 7) is 6.30. The van der Waals surface area contributed by atoms with Crippen LogP contribution in [0.1, 0.15) is 32.6 Å². The molecule has 0 radical (unpaired) electrons. The second kappa shape index (κ2) is 5.17. The summed E-state index contributed by atoms with van der Waals surface area (Å²) >= 11 is 0. The van der Waals surface area contributed by atoms with E-state index in [0.29, 0.717) is 5.91 Å². The van der Waals surface area contributed by atoms with Crippen LogP contribution in [0.25, 0.3) is 0 Å². The average molecular weight is 224 g/mol. The highest BCUT2D eigenvalue weighted by atomic mass is 16.2. The second-order valence-corrected chi connectivity index (χ2v) is 5.42. The topological polar surface area (TPSA) is 23.6 Å². The van der Waals surface area contributed by atoms with E-state index in [9.17, 15) is 4.79 Å². The molecule has 0 spiro atoms. The van der Waals surface area contributed by atoms with Gasteiger partial charge < -0.3 is 9.80 Å². The van der Waals surface area contributed by atoms with Crippen LogP contribution < -0.4 is 0 Å². The van der Waals surface area contributed by atoms with E-state index in [1.807, 2.05) is 0 Å². The molecule has 92 valence electrons. The molecule has 0 saturated carbocycles. The lowest BCUT2D eigenvalue weighted by Crippen LogP contribution is -2.42. The van der Waals surface area contributed by atoms with Gasteiger partial charge in [-0.3, -0.25) is 4.79 Å². The Balaban J connectivity index is 1.82. The summed E-state index contributed by atoms with van der Waals surface area (Å²) < 4.78 is 0. The highest BCUT2D eigenvalue weighted by molar-refractivity contribution is 5.79. The molecule has 0 bridgehead atoms. The molecule has 3 nitrogen and oxygen atoms in total. The van der Waals surface area contributed by atoms with Gasteiger partial charge in [0.05, 0.1) is 5.92 Å². The predicted octanol–water partition coefficient (Wildman–Crippen LogP) is 1.59. The molecule has 1 amide bonds. The van der Waals surface area contributed by atoms with Crippen molar-refractivity contribution in [1.82, 2.24) is 9.80 Å². The smallest absolute Gasteiger partial charge is 0.227 e. The number of nitrogens with zero attached hydrogens (tertiary/aromatic N) is 2. The number of piperidine rings is 1. The Kier molecular flexibility index (Phi) is 3.85. The number of likely N-dealkylation sites (tertiary alicyclic amines) is 2. The molecule has 0 aromatic heterocycles. The van der Waals surface area contributed by atoms with E-state index in [2.05, 4.69) is 23.8 Å². The van der Waals surface area contributed by atoms with E-state index in [1.54, 1.807) is 0 Å². The first-order chi connectivity index (χ1) is 7.70. The van der Waals surface area contributed by atoms with Gasteiger partial charge in [-0.15, -0.1) is 0 Å². The Morgan fingerprint density at radius 2 is 1.88 bits per heavy atom. The van der Waals surface area contributed by atoms with E-state index in [1.165, 1.54) is 19.3 Å². The Bertz CT molecular complexity index is 246. The van der Waals surface area contributed by atoms with Crippen LogP contribution in [0.2, 0.25) is 0 Å². The Morgan fingerprint density at radius 3 is 2.38 bits per heavy atom. The van der Waals surface area contributed by atoms with Crippen molar-refractivity contribution in [2.45, 2.75) is 32.6 Å². The first kappa shape index (κ1) is 11.9. The molecule has 2 aliphatic heterocycles. The summed E-state index contributed by atoms with van der Waals surface area (Å²) in [5.74, 6) is 1.55. The number of carbonyl (C=O) groups excluding carboxylic acids is 1. The maximum Gasteiger partial charge on any atom is 0.227 e. The maximum atomic E-state index is 12.2. The van der Waals surface area contributed by atoms with Crippen LogP contribution in [0.4, 0.5) is 0 Å². The molecule has 0 aliphatic carbocycles. The molecule has 2 rings (SSSR count). The summed E-state index contributed by atoms with van der Waals surface area (Å²) in [7, 11) is 2.11. The fourth-order valence-corrected chi connectivity index (χ4v) is 2.96. The van der Waals surface area contributed by atoms with Gasteiger partial charge in [-0.05, 0) is 38.8 Å². The van der Waals surface area contributed by atoms with E-state index in [-0.39, 0.29) is 5.92 Å². The molecule has 0 aromatic rings. The molecule has 3 heteroatoms. The van der Waals surface area contributed by atoms with Gasteiger partial charge in [0.2, 0.25) is 5.91 Å². The van der Waals surface area contributed by atoms with Crippen molar-refractivity contribution in [3.8, 4) is 0 Å². The number of amides is 1. The van der Waals surface area contributed by atoms with Gasteiger partial charge in [0.1, 0.15) is 0 Å². The fraction of sp³-hybridized carbons (Fsp3) is 0.923. The van der Waals surface area contributed by atoms with Gasteiger partial charge in [0.25, 0.3) is 0 Å². The van der Waals surface area contributed by atoms with Gasteiger partial charge in [-0.1, -0.05) is 13.3 Å². The highest BCUT2D eigenvalue weighted by Crippen LogP contribution is 2.23.